The molecule has 0 heterocycles. The maximum atomic E-state index is 5.82. The Labute approximate surface area is 174 Å². The minimum Gasteiger partial charge on any atom is -0.381 e. The maximum absolute atomic E-state index is 5.82. The summed E-state index contributed by atoms with van der Waals surface area (Å²) in [5.74, 6) is 2.99. The van der Waals surface area contributed by atoms with Crippen molar-refractivity contribution in [2.45, 2.75) is 19.3 Å². The number of hydrogen-bond acceptors (Lipinski definition) is 9. The summed E-state index contributed by atoms with van der Waals surface area (Å²) in [7, 11) is 0. The fraction of sp³-hybridized carbons (Fsp3) is 1.00. The summed E-state index contributed by atoms with van der Waals surface area (Å²) in [6, 6.07) is 0. The highest BCUT2D eigenvalue weighted by Crippen LogP contribution is 2.21. The van der Waals surface area contributed by atoms with E-state index in [0.29, 0.717) is 58.6 Å². The van der Waals surface area contributed by atoms with Crippen LogP contribution < -0.4 is 0 Å². The first-order valence-corrected chi connectivity index (χ1v) is 11.2. The van der Waals surface area contributed by atoms with Gasteiger partial charge < -0.3 is 14.2 Å². The standard InChI is InChI=1S/C16H34O5S4/c22-8-1-4-17-12-16(13-18-5-2-9-23,14-19-6-3-10-24)15-21-20-7-11-25/h22-25H,1-15H2. The molecule has 0 aromatic carbocycles. The lowest BCUT2D eigenvalue weighted by atomic mass is 9.92. The quantitative estimate of drug-likeness (QED) is 0.103. The van der Waals surface area contributed by atoms with Crippen molar-refractivity contribution in [1.82, 2.24) is 0 Å². The minimum absolute atomic E-state index is 0.337. The lowest BCUT2D eigenvalue weighted by molar-refractivity contribution is -0.315. The van der Waals surface area contributed by atoms with Crippen LogP contribution in [0.4, 0.5) is 0 Å². The Kier molecular flexibility index (Phi) is 20.9. The number of rotatable bonds is 20. The molecule has 0 saturated carbocycles. The van der Waals surface area contributed by atoms with Crippen LogP contribution in [0.3, 0.4) is 0 Å². The first-order valence-electron chi connectivity index (χ1n) is 8.66. The summed E-state index contributed by atoms with van der Waals surface area (Å²) in [6.45, 7) is 4.15. The molecule has 0 aliphatic rings. The Morgan fingerprint density at radius 3 is 1.28 bits per heavy atom. The average Bonchev–Trinajstić information content (AvgIpc) is 2.63. The smallest absolute Gasteiger partial charge is 0.0945 e. The monoisotopic (exact) mass is 434 g/mol. The van der Waals surface area contributed by atoms with Gasteiger partial charge in [0.15, 0.2) is 0 Å². The van der Waals surface area contributed by atoms with Gasteiger partial charge in [-0.3, -0.25) is 0 Å². The molecule has 0 rings (SSSR count). The molecule has 0 spiro atoms. The molecule has 152 valence electrons. The Hall–Kier alpha value is 1.20. The van der Waals surface area contributed by atoms with Gasteiger partial charge in [-0.25, -0.2) is 9.78 Å². The zero-order chi connectivity index (χ0) is 18.6. The van der Waals surface area contributed by atoms with Gasteiger partial charge in [-0.2, -0.15) is 50.5 Å². The predicted molar refractivity (Wildman–Crippen MR) is 116 cm³/mol. The molecule has 0 aromatic heterocycles. The van der Waals surface area contributed by atoms with Crippen molar-refractivity contribution in [2.24, 2.45) is 5.41 Å². The molecular weight excluding hydrogens is 400 g/mol. The van der Waals surface area contributed by atoms with Crippen molar-refractivity contribution < 1.29 is 24.0 Å². The highest BCUT2D eigenvalue weighted by Gasteiger charge is 2.33. The topological polar surface area (TPSA) is 46.2 Å². The van der Waals surface area contributed by atoms with Crippen molar-refractivity contribution in [1.29, 1.82) is 0 Å². The van der Waals surface area contributed by atoms with E-state index < -0.39 is 5.41 Å². The molecular formula is C16H34O5S4. The van der Waals surface area contributed by atoms with Gasteiger partial charge in [0, 0.05) is 25.6 Å². The van der Waals surface area contributed by atoms with Gasteiger partial charge in [0.05, 0.1) is 38.4 Å². The summed E-state index contributed by atoms with van der Waals surface area (Å²) < 4.78 is 17.5. The van der Waals surface area contributed by atoms with Crippen LogP contribution in [-0.2, 0) is 24.0 Å². The third kappa shape index (κ3) is 15.9. The van der Waals surface area contributed by atoms with Crippen LogP contribution in [0.15, 0.2) is 0 Å². The average molecular weight is 435 g/mol. The Bertz CT molecular complexity index is 221. The molecule has 0 bridgehead atoms. The van der Waals surface area contributed by atoms with E-state index >= 15 is 0 Å². The Morgan fingerprint density at radius 2 is 0.920 bits per heavy atom. The molecule has 0 aliphatic carbocycles. The summed E-state index contributed by atoms with van der Waals surface area (Å²) in [5, 5.41) is 0. The SMILES string of the molecule is SCCCOCC(COCCCS)(COCCCS)COOCCS. The normalized spacial score (nSPS) is 12.0. The summed E-state index contributed by atoms with van der Waals surface area (Å²) in [5.41, 5.74) is -0.416. The van der Waals surface area contributed by atoms with Crippen molar-refractivity contribution in [3.8, 4) is 0 Å². The first kappa shape index (κ1) is 26.2. The lowest BCUT2D eigenvalue weighted by Crippen LogP contribution is -2.42. The molecule has 0 aliphatic heterocycles. The maximum Gasteiger partial charge on any atom is 0.0945 e. The number of ether oxygens (including phenoxy) is 3. The molecule has 0 saturated heterocycles. The van der Waals surface area contributed by atoms with Crippen LogP contribution in [0, 0.1) is 5.41 Å². The Morgan fingerprint density at radius 1 is 0.480 bits per heavy atom. The first-order chi connectivity index (χ1) is 12.2. The van der Waals surface area contributed by atoms with Gasteiger partial charge in [0.2, 0.25) is 0 Å². The predicted octanol–water partition coefficient (Wildman–Crippen LogP) is 2.86. The van der Waals surface area contributed by atoms with Gasteiger partial charge in [-0.1, -0.05) is 0 Å². The van der Waals surface area contributed by atoms with E-state index in [2.05, 4.69) is 50.5 Å². The van der Waals surface area contributed by atoms with Crippen molar-refractivity contribution >= 4 is 50.5 Å². The van der Waals surface area contributed by atoms with E-state index in [-0.39, 0.29) is 0 Å². The molecule has 0 fully saturated rings. The highest BCUT2D eigenvalue weighted by molar-refractivity contribution is 7.80. The van der Waals surface area contributed by atoms with Crippen LogP contribution in [0.25, 0.3) is 0 Å². The van der Waals surface area contributed by atoms with E-state index in [0.717, 1.165) is 36.5 Å². The molecule has 0 amide bonds. The third-order valence-electron chi connectivity index (χ3n) is 3.19. The van der Waals surface area contributed by atoms with Gasteiger partial charge in [0.1, 0.15) is 0 Å². The summed E-state index contributed by atoms with van der Waals surface area (Å²) >= 11 is 16.7. The van der Waals surface area contributed by atoms with Crippen LogP contribution in [-0.4, -0.2) is 75.9 Å². The fourth-order valence-corrected chi connectivity index (χ4v) is 2.34. The van der Waals surface area contributed by atoms with Crippen molar-refractivity contribution in [3.05, 3.63) is 0 Å². The van der Waals surface area contributed by atoms with Crippen molar-refractivity contribution in [2.75, 3.05) is 75.9 Å². The minimum atomic E-state index is -0.416. The third-order valence-corrected chi connectivity index (χ3v) is 4.32. The molecule has 25 heavy (non-hydrogen) atoms. The van der Waals surface area contributed by atoms with E-state index in [1.807, 2.05) is 0 Å². The summed E-state index contributed by atoms with van der Waals surface area (Å²) in [4.78, 5) is 10.5. The molecule has 0 aromatic rings. The second kappa shape index (κ2) is 19.9. The van der Waals surface area contributed by atoms with E-state index in [4.69, 9.17) is 24.0 Å². The number of thiol groups is 4. The zero-order valence-electron chi connectivity index (χ0n) is 14.9. The molecule has 0 N–H and O–H groups in total. The second-order valence-corrected chi connectivity index (χ2v) is 7.49. The van der Waals surface area contributed by atoms with Crippen LogP contribution in [0.1, 0.15) is 19.3 Å². The molecule has 9 heteroatoms. The van der Waals surface area contributed by atoms with E-state index in [1.165, 1.54) is 0 Å². The van der Waals surface area contributed by atoms with Gasteiger partial charge >= 0.3 is 0 Å². The van der Waals surface area contributed by atoms with Crippen molar-refractivity contribution in [3.63, 3.8) is 0 Å². The number of hydrogen-bond donors (Lipinski definition) is 4. The second-order valence-electron chi connectivity index (χ2n) is 5.70. The van der Waals surface area contributed by atoms with Gasteiger partial charge in [0.25, 0.3) is 0 Å². The fourth-order valence-electron chi connectivity index (χ4n) is 1.88. The summed E-state index contributed by atoms with van der Waals surface area (Å²) in [6.07, 6.45) is 2.70. The van der Waals surface area contributed by atoms with Crippen LogP contribution in [0.2, 0.25) is 0 Å². The Balaban J connectivity index is 4.62. The van der Waals surface area contributed by atoms with E-state index in [1.54, 1.807) is 0 Å². The molecule has 0 atom stereocenters. The molecule has 0 radical (unpaired) electrons. The molecule has 0 unspecified atom stereocenters. The lowest BCUT2D eigenvalue weighted by Gasteiger charge is -2.32. The largest absolute Gasteiger partial charge is 0.381 e. The van der Waals surface area contributed by atoms with E-state index in [9.17, 15) is 0 Å². The zero-order valence-corrected chi connectivity index (χ0v) is 18.5. The van der Waals surface area contributed by atoms with Gasteiger partial charge in [-0.15, -0.1) is 0 Å². The van der Waals surface area contributed by atoms with Crippen LogP contribution >= 0.6 is 50.5 Å². The highest BCUT2D eigenvalue weighted by atomic mass is 32.1. The van der Waals surface area contributed by atoms with Crippen LogP contribution in [0.5, 0.6) is 0 Å². The molecule has 5 nitrogen and oxygen atoms in total. The van der Waals surface area contributed by atoms with Gasteiger partial charge in [-0.05, 0) is 36.5 Å².